The van der Waals surface area contributed by atoms with Crippen molar-refractivity contribution in [3.8, 4) is 11.3 Å². The molecule has 0 aliphatic heterocycles. The van der Waals surface area contributed by atoms with Gasteiger partial charge in [-0.3, -0.25) is 0 Å². The van der Waals surface area contributed by atoms with E-state index in [0.717, 1.165) is 17.5 Å². The molecule has 0 fully saturated rings. The summed E-state index contributed by atoms with van der Waals surface area (Å²) in [5.74, 6) is -1.67. The maximum absolute atomic E-state index is 13.1. The van der Waals surface area contributed by atoms with Crippen molar-refractivity contribution >= 4 is 11.3 Å². The van der Waals surface area contributed by atoms with Crippen LogP contribution in [0.1, 0.15) is 25.8 Å². The number of thiazole rings is 1. The Labute approximate surface area is 110 Å². The van der Waals surface area contributed by atoms with Gasteiger partial charge in [-0.2, -0.15) is 0 Å². The highest BCUT2D eigenvalue weighted by atomic mass is 32.1. The van der Waals surface area contributed by atoms with Gasteiger partial charge in [0.2, 0.25) is 0 Å². The van der Waals surface area contributed by atoms with Gasteiger partial charge in [0.1, 0.15) is 0 Å². The fraction of sp³-hybridized carbons (Fsp3) is 0.357. The summed E-state index contributed by atoms with van der Waals surface area (Å²) in [6.45, 7) is 6.43. The summed E-state index contributed by atoms with van der Waals surface area (Å²) in [5.41, 5.74) is 1.49. The molecule has 0 bridgehead atoms. The van der Waals surface area contributed by atoms with Gasteiger partial charge in [0, 0.05) is 17.4 Å². The van der Waals surface area contributed by atoms with Crippen molar-refractivity contribution in [2.45, 2.75) is 27.2 Å². The first-order chi connectivity index (χ1) is 8.35. The zero-order valence-corrected chi connectivity index (χ0v) is 11.4. The molecule has 2 aromatic rings. The molecule has 0 spiro atoms. The van der Waals surface area contributed by atoms with Crippen LogP contribution in [0.15, 0.2) is 23.6 Å². The molecule has 1 heterocycles. The van der Waals surface area contributed by atoms with Crippen LogP contribution >= 0.6 is 11.3 Å². The maximum Gasteiger partial charge on any atom is 0.159 e. The highest BCUT2D eigenvalue weighted by Gasteiger charge is 2.15. The largest absolute Gasteiger partial charge is 0.241 e. The molecule has 0 radical (unpaired) electrons. The lowest BCUT2D eigenvalue weighted by atomic mass is 9.93. The Bertz CT molecular complexity index is 555. The molecule has 0 saturated heterocycles. The first-order valence-electron chi connectivity index (χ1n) is 5.75. The van der Waals surface area contributed by atoms with E-state index < -0.39 is 11.6 Å². The van der Waals surface area contributed by atoms with E-state index in [-0.39, 0.29) is 5.41 Å². The van der Waals surface area contributed by atoms with Crippen molar-refractivity contribution < 1.29 is 8.78 Å². The average Bonchev–Trinajstić information content (AvgIpc) is 2.68. The minimum Gasteiger partial charge on any atom is -0.241 e. The minimum atomic E-state index is -0.835. The number of halogens is 2. The molecule has 0 atom stereocenters. The minimum absolute atomic E-state index is 0.170. The second-order valence-electron chi connectivity index (χ2n) is 5.49. The normalized spacial score (nSPS) is 11.8. The van der Waals surface area contributed by atoms with Crippen LogP contribution in [0.5, 0.6) is 0 Å². The van der Waals surface area contributed by atoms with Gasteiger partial charge in [0.15, 0.2) is 11.6 Å². The number of rotatable bonds is 2. The molecule has 0 unspecified atom stereocenters. The van der Waals surface area contributed by atoms with Crippen molar-refractivity contribution in [2.75, 3.05) is 0 Å². The Balaban J connectivity index is 2.26. The molecule has 1 aromatic heterocycles. The van der Waals surface area contributed by atoms with Gasteiger partial charge in [-0.15, -0.1) is 11.3 Å². The molecule has 96 valence electrons. The zero-order chi connectivity index (χ0) is 13.3. The van der Waals surface area contributed by atoms with Gasteiger partial charge in [0.25, 0.3) is 0 Å². The summed E-state index contributed by atoms with van der Waals surface area (Å²) in [6.07, 6.45) is 0.876. The third-order valence-electron chi connectivity index (χ3n) is 2.45. The van der Waals surface area contributed by atoms with Crippen LogP contribution in [0.25, 0.3) is 11.3 Å². The summed E-state index contributed by atoms with van der Waals surface area (Å²) in [7, 11) is 0. The average molecular weight is 267 g/mol. The van der Waals surface area contributed by atoms with Gasteiger partial charge in [-0.25, -0.2) is 13.8 Å². The fourth-order valence-corrected chi connectivity index (χ4v) is 2.74. The van der Waals surface area contributed by atoms with Crippen LogP contribution in [-0.2, 0) is 6.42 Å². The Morgan fingerprint density at radius 3 is 2.50 bits per heavy atom. The molecular formula is C14H15F2NS. The molecule has 1 nitrogen and oxygen atoms in total. The fourth-order valence-electron chi connectivity index (χ4n) is 1.63. The van der Waals surface area contributed by atoms with Crippen molar-refractivity contribution in [3.63, 3.8) is 0 Å². The van der Waals surface area contributed by atoms with Gasteiger partial charge < -0.3 is 0 Å². The number of nitrogens with zero attached hydrogens (tertiary/aromatic N) is 1. The summed E-state index contributed by atoms with van der Waals surface area (Å²) < 4.78 is 26.0. The molecule has 0 aliphatic rings. The molecule has 0 aliphatic carbocycles. The third-order valence-corrected chi connectivity index (χ3v) is 3.30. The van der Waals surface area contributed by atoms with Crippen LogP contribution in [-0.4, -0.2) is 4.98 Å². The molecule has 2 rings (SSSR count). The van der Waals surface area contributed by atoms with Crippen molar-refractivity contribution in [2.24, 2.45) is 5.41 Å². The summed E-state index contributed by atoms with van der Waals surface area (Å²) >= 11 is 1.55. The van der Waals surface area contributed by atoms with Gasteiger partial charge in [-0.05, 0) is 23.6 Å². The van der Waals surface area contributed by atoms with Gasteiger partial charge in [-0.1, -0.05) is 20.8 Å². The summed E-state index contributed by atoms with van der Waals surface area (Å²) in [6, 6.07) is 3.87. The predicted molar refractivity (Wildman–Crippen MR) is 70.6 cm³/mol. The smallest absolute Gasteiger partial charge is 0.159 e. The highest BCUT2D eigenvalue weighted by molar-refractivity contribution is 7.09. The predicted octanol–water partition coefficient (Wildman–Crippen LogP) is 4.68. The molecular weight excluding hydrogens is 252 g/mol. The second kappa shape index (κ2) is 4.76. The van der Waals surface area contributed by atoms with E-state index in [2.05, 4.69) is 25.8 Å². The van der Waals surface area contributed by atoms with Crippen LogP contribution in [0, 0.1) is 17.0 Å². The van der Waals surface area contributed by atoms with Crippen molar-refractivity contribution in [3.05, 3.63) is 40.2 Å². The molecule has 4 heteroatoms. The van der Waals surface area contributed by atoms with E-state index in [1.165, 1.54) is 6.07 Å². The second-order valence-corrected chi connectivity index (χ2v) is 6.44. The van der Waals surface area contributed by atoms with Crippen LogP contribution in [0.4, 0.5) is 8.78 Å². The van der Waals surface area contributed by atoms with E-state index in [1.807, 2.05) is 5.38 Å². The van der Waals surface area contributed by atoms with Gasteiger partial charge in [0.05, 0.1) is 10.7 Å². The molecule has 0 saturated carbocycles. The first kappa shape index (κ1) is 13.1. The Kier molecular flexibility index (Phi) is 3.48. The third kappa shape index (κ3) is 3.13. The molecule has 0 amide bonds. The van der Waals surface area contributed by atoms with Crippen molar-refractivity contribution in [1.82, 2.24) is 4.98 Å². The SMILES string of the molecule is CC(C)(C)Cc1nc(-c2ccc(F)c(F)c2)cs1. The number of aromatic nitrogens is 1. The van der Waals surface area contributed by atoms with E-state index >= 15 is 0 Å². The molecule has 18 heavy (non-hydrogen) atoms. The van der Waals surface area contributed by atoms with E-state index in [4.69, 9.17) is 0 Å². The lowest BCUT2D eigenvalue weighted by molar-refractivity contribution is 0.410. The van der Waals surface area contributed by atoms with Crippen molar-refractivity contribution in [1.29, 1.82) is 0 Å². The van der Waals surface area contributed by atoms with Gasteiger partial charge >= 0.3 is 0 Å². The topological polar surface area (TPSA) is 12.9 Å². The monoisotopic (exact) mass is 267 g/mol. The Morgan fingerprint density at radius 1 is 1.17 bits per heavy atom. The lowest BCUT2D eigenvalue weighted by Gasteiger charge is -2.15. The first-order valence-corrected chi connectivity index (χ1v) is 6.63. The number of hydrogen-bond donors (Lipinski definition) is 0. The Morgan fingerprint density at radius 2 is 1.89 bits per heavy atom. The highest BCUT2D eigenvalue weighted by Crippen LogP contribution is 2.27. The zero-order valence-electron chi connectivity index (χ0n) is 10.6. The number of hydrogen-bond acceptors (Lipinski definition) is 2. The van der Waals surface area contributed by atoms with E-state index in [1.54, 1.807) is 17.4 Å². The standard InChI is InChI=1S/C14H15F2NS/c1-14(2,3)7-13-17-12(8-18-13)9-4-5-10(15)11(16)6-9/h4-6,8H,7H2,1-3H3. The number of benzene rings is 1. The van der Waals surface area contributed by atoms with Crippen LogP contribution in [0.2, 0.25) is 0 Å². The van der Waals surface area contributed by atoms with E-state index in [9.17, 15) is 8.78 Å². The Hall–Kier alpha value is -1.29. The quantitative estimate of drug-likeness (QED) is 0.770. The summed E-state index contributed by atoms with van der Waals surface area (Å²) in [5, 5.41) is 2.90. The van der Waals surface area contributed by atoms with Crippen LogP contribution < -0.4 is 0 Å². The molecule has 1 aromatic carbocycles. The van der Waals surface area contributed by atoms with Crippen LogP contribution in [0.3, 0.4) is 0 Å². The lowest BCUT2D eigenvalue weighted by Crippen LogP contribution is -2.08. The van der Waals surface area contributed by atoms with E-state index in [0.29, 0.717) is 11.3 Å². The molecule has 0 N–H and O–H groups in total. The summed E-state index contributed by atoms with van der Waals surface area (Å²) in [4.78, 5) is 4.47. The maximum atomic E-state index is 13.1.